The second-order valence-corrected chi connectivity index (χ2v) is 6.49. The first-order valence-electron chi connectivity index (χ1n) is 9.00. The second-order valence-electron chi connectivity index (χ2n) is 6.49. The summed E-state index contributed by atoms with van der Waals surface area (Å²) in [4.78, 5) is 16.7. The number of carbonyl (C=O) groups excluding carboxylic acids is 1. The fourth-order valence-electron chi connectivity index (χ4n) is 3.10. The Morgan fingerprint density at radius 3 is 2.45 bits per heavy atom. The van der Waals surface area contributed by atoms with Crippen LogP contribution in [0.25, 0.3) is 22.4 Å². The second kappa shape index (κ2) is 7.93. The lowest BCUT2D eigenvalue weighted by Crippen LogP contribution is -2.16. The summed E-state index contributed by atoms with van der Waals surface area (Å²) in [5, 5.41) is 10.1. The summed E-state index contributed by atoms with van der Waals surface area (Å²) in [6.07, 6.45) is 3.45. The Labute approximate surface area is 166 Å². The zero-order valence-electron chi connectivity index (χ0n) is 15.4. The highest BCUT2D eigenvalue weighted by Gasteiger charge is 2.19. The maximum Gasteiger partial charge on any atom is 0.230 e. The molecule has 1 amide bonds. The molecule has 29 heavy (non-hydrogen) atoms. The Balaban J connectivity index is 1.69. The van der Waals surface area contributed by atoms with Crippen LogP contribution in [0.4, 0.5) is 15.9 Å². The van der Waals surface area contributed by atoms with Crippen molar-refractivity contribution in [2.45, 2.75) is 6.42 Å². The third-order valence-corrected chi connectivity index (χ3v) is 4.53. The first-order valence-corrected chi connectivity index (χ1v) is 9.00. The highest BCUT2D eigenvalue weighted by atomic mass is 19.1. The Morgan fingerprint density at radius 2 is 1.72 bits per heavy atom. The number of benzene rings is 2. The van der Waals surface area contributed by atoms with Crippen LogP contribution in [0, 0.1) is 5.82 Å². The maximum atomic E-state index is 13.3. The van der Waals surface area contributed by atoms with Crippen molar-refractivity contribution in [3.63, 3.8) is 0 Å². The van der Waals surface area contributed by atoms with Crippen molar-refractivity contribution in [2.75, 3.05) is 11.1 Å². The molecule has 2 aromatic heterocycles. The molecular formula is C22H18FN5O. The predicted octanol–water partition coefficient (Wildman–Crippen LogP) is 4.04. The van der Waals surface area contributed by atoms with Crippen LogP contribution in [-0.4, -0.2) is 21.1 Å². The van der Waals surface area contributed by atoms with Gasteiger partial charge in [0.15, 0.2) is 5.82 Å². The average Bonchev–Trinajstić information content (AvgIpc) is 3.14. The van der Waals surface area contributed by atoms with E-state index < -0.39 is 0 Å². The van der Waals surface area contributed by atoms with Gasteiger partial charge in [0.25, 0.3) is 0 Å². The van der Waals surface area contributed by atoms with Gasteiger partial charge in [-0.3, -0.25) is 14.9 Å². The number of halogens is 1. The van der Waals surface area contributed by atoms with Crippen LogP contribution in [0.5, 0.6) is 0 Å². The van der Waals surface area contributed by atoms with Crippen LogP contribution < -0.4 is 11.1 Å². The molecule has 0 saturated carbocycles. The number of anilines is 2. The number of pyridine rings is 1. The average molecular weight is 387 g/mol. The summed E-state index contributed by atoms with van der Waals surface area (Å²) in [5.74, 6) is -0.182. The van der Waals surface area contributed by atoms with E-state index in [1.165, 1.54) is 12.1 Å². The van der Waals surface area contributed by atoms with Gasteiger partial charge in [-0.1, -0.05) is 18.2 Å². The van der Waals surface area contributed by atoms with Crippen LogP contribution in [0.2, 0.25) is 0 Å². The van der Waals surface area contributed by atoms with Crippen molar-refractivity contribution in [2.24, 2.45) is 0 Å². The number of nitrogen functional groups attached to an aromatic ring is 1. The molecule has 7 heteroatoms. The lowest BCUT2D eigenvalue weighted by Gasteiger charge is -2.09. The summed E-state index contributed by atoms with van der Waals surface area (Å²) < 4.78 is 13.3. The van der Waals surface area contributed by atoms with Gasteiger partial charge in [-0.15, -0.1) is 0 Å². The molecule has 144 valence electrons. The summed E-state index contributed by atoms with van der Waals surface area (Å²) in [6, 6.07) is 16.9. The topological polar surface area (TPSA) is 96.7 Å². The number of nitrogens with one attached hydrogen (secondary N) is 2. The molecule has 0 fully saturated rings. The number of carbonyl (C=O) groups is 1. The fraction of sp³-hybridized carbons (Fsp3) is 0.0455. The van der Waals surface area contributed by atoms with E-state index in [1.807, 2.05) is 30.3 Å². The number of hydrogen-bond acceptors (Lipinski definition) is 4. The first-order chi connectivity index (χ1) is 14.1. The zero-order chi connectivity index (χ0) is 20.2. The summed E-state index contributed by atoms with van der Waals surface area (Å²) >= 11 is 0. The minimum atomic E-state index is -0.326. The fourth-order valence-corrected chi connectivity index (χ4v) is 3.10. The van der Waals surface area contributed by atoms with E-state index in [0.717, 1.165) is 16.7 Å². The molecule has 0 spiro atoms. The Morgan fingerprint density at radius 1 is 1.00 bits per heavy atom. The molecule has 6 nitrogen and oxygen atoms in total. The summed E-state index contributed by atoms with van der Waals surface area (Å²) in [6.45, 7) is 0. The molecular weight excluding hydrogens is 369 g/mol. The monoisotopic (exact) mass is 387 g/mol. The molecule has 0 saturated heterocycles. The van der Waals surface area contributed by atoms with E-state index >= 15 is 0 Å². The quantitative estimate of drug-likeness (QED) is 0.450. The molecule has 2 aromatic carbocycles. The number of aromatic nitrogens is 3. The third-order valence-electron chi connectivity index (χ3n) is 4.53. The molecule has 4 N–H and O–H groups in total. The van der Waals surface area contributed by atoms with E-state index in [9.17, 15) is 9.18 Å². The van der Waals surface area contributed by atoms with Gasteiger partial charge in [-0.25, -0.2) is 4.39 Å². The number of amides is 1. The van der Waals surface area contributed by atoms with Gasteiger partial charge in [-0.05, 0) is 53.6 Å². The Bertz CT molecular complexity index is 1140. The van der Waals surface area contributed by atoms with Crippen molar-refractivity contribution in [3.8, 4) is 22.4 Å². The number of aromatic amines is 1. The minimum Gasteiger partial charge on any atom is -0.398 e. The van der Waals surface area contributed by atoms with E-state index in [-0.39, 0.29) is 18.1 Å². The van der Waals surface area contributed by atoms with Gasteiger partial charge in [0, 0.05) is 23.6 Å². The van der Waals surface area contributed by atoms with Crippen LogP contribution in [0.3, 0.4) is 0 Å². The van der Waals surface area contributed by atoms with Gasteiger partial charge in [0.05, 0.1) is 17.7 Å². The highest BCUT2D eigenvalue weighted by Crippen LogP contribution is 2.36. The molecule has 0 aliphatic rings. The smallest absolute Gasteiger partial charge is 0.230 e. The lowest BCUT2D eigenvalue weighted by atomic mass is 10.0. The van der Waals surface area contributed by atoms with Gasteiger partial charge in [0.2, 0.25) is 5.91 Å². The normalized spacial score (nSPS) is 10.7. The minimum absolute atomic E-state index is 0.126. The van der Waals surface area contributed by atoms with Gasteiger partial charge in [0.1, 0.15) is 5.82 Å². The number of rotatable bonds is 5. The van der Waals surface area contributed by atoms with Crippen LogP contribution in [0.1, 0.15) is 5.56 Å². The van der Waals surface area contributed by atoms with E-state index in [1.54, 1.807) is 30.6 Å². The number of nitrogens with zero attached hydrogens (tertiary/aromatic N) is 2. The largest absolute Gasteiger partial charge is 0.398 e. The van der Waals surface area contributed by atoms with Crippen molar-refractivity contribution >= 4 is 17.4 Å². The van der Waals surface area contributed by atoms with Crippen LogP contribution >= 0.6 is 0 Å². The highest BCUT2D eigenvalue weighted by molar-refractivity contribution is 5.99. The number of nitrogens with two attached hydrogens (primary N) is 1. The molecule has 0 aliphatic heterocycles. The molecule has 0 atom stereocenters. The SMILES string of the molecule is Nc1ccccc1CC(=O)Nc1n[nH]c(-c2ccc(F)cc2)c1-c1ccncc1. The molecule has 0 radical (unpaired) electrons. The van der Waals surface area contributed by atoms with Gasteiger partial charge in [-0.2, -0.15) is 5.10 Å². The molecule has 4 aromatic rings. The molecule has 0 unspecified atom stereocenters. The summed E-state index contributed by atoms with van der Waals surface area (Å²) in [5.41, 5.74) is 10.2. The van der Waals surface area contributed by atoms with E-state index in [4.69, 9.17) is 5.73 Å². The van der Waals surface area contributed by atoms with Crippen LogP contribution in [-0.2, 0) is 11.2 Å². The predicted molar refractivity (Wildman–Crippen MR) is 110 cm³/mol. The van der Waals surface area contributed by atoms with Crippen molar-refractivity contribution < 1.29 is 9.18 Å². The first kappa shape index (κ1) is 18.4. The summed E-state index contributed by atoms with van der Waals surface area (Å²) in [7, 11) is 0. The Hall–Kier alpha value is -4.00. The number of H-pyrrole nitrogens is 1. The maximum absolute atomic E-state index is 13.3. The molecule has 0 bridgehead atoms. The Kier molecular flexibility index (Phi) is 5.03. The third kappa shape index (κ3) is 3.98. The van der Waals surface area contributed by atoms with Gasteiger partial charge >= 0.3 is 0 Å². The standard InChI is InChI=1S/C22H18FN5O/c23-17-7-5-15(6-8-17)21-20(14-9-11-25-12-10-14)22(28-27-21)26-19(29)13-16-3-1-2-4-18(16)24/h1-12H,13,24H2,(H2,26,27,28,29). The van der Waals surface area contributed by atoms with Crippen molar-refractivity contribution in [1.82, 2.24) is 15.2 Å². The molecule has 4 rings (SSSR count). The number of hydrogen-bond donors (Lipinski definition) is 3. The lowest BCUT2D eigenvalue weighted by molar-refractivity contribution is -0.115. The number of para-hydroxylation sites is 1. The van der Waals surface area contributed by atoms with Crippen LogP contribution in [0.15, 0.2) is 73.1 Å². The van der Waals surface area contributed by atoms with E-state index in [2.05, 4.69) is 20.5 Å². The van der Waals surface area contributed by atoms with Crippen molar-refractivity contribution in [3.05, 3.63) is 84.4 Å². The molecule has 0 aliphatic carbocycles. The van der Waals surface area contributed by atoms with Gasteiger partial charge < -0.3 is 11.1 Å². The zero-order valence-corrected chi connectivity index (χ0v) is 15.4. The molecule has 2 heterocycles. The van der Waals surface area contributed by atoms with Crippen molar-refractivity contribution in [1.29, 1.82) is 0 Å². The van der Waals surface area contributed by atoms with E-state index in [0.29, 0.717) is 22.8 Å².